The molecule has 1 rings (SSSR count). The molecule has 0 bridgehead atoms. The molecule has 0 fully saturated rings. The summed E-state index contributed by atoms with van der Waals surface area (Å²) in [5.41, 5.74) is 3.86. The Balaban J connectivity index is 3.08. The fourth-order valence-corrected chi connectivity index (χ4v) is 2.68. The Kier molecular flexibility index (Phi) is 4.50. The minimum atomic E-state index is 0.148. The van der Waals surface area contributed by atoms with Crippen molar-refractivity contribution in [3.05, 3.63) is 35.5 Å². The fraction of sp³-hybridized carbons (Fsp3) is 0.562. The van der Waals surface area contributed by atoms with E-state index in [1.807, 2.05) is 6.08 Å². The van der Waals surface area contributed by atoms with Crippen molar-refractivity contribution in [3.8, 4) is 0 Å². The van der Waals surface area contributed by atoms with Gasteiger partial charge < -0.3 is 0 Å². The molecule has 1 heteroatoms. The average Bonchev–Trinajstić information content (AvgIpc) is 2.53. The largest absolute Gasteiger partial charge is 0.295 e. The highest BCUT2D eigenvalue weighted by Gasteiger charge is 2.35. The van der Waals surface area contributed by atoms with Crippen molar-refractivity contribution in [2.24, 2.45) is 5.41 Å². The number of Topliss-reactive ketones (excluding diaryl/α,β-unsaturated/α-hetero) is 1. The zero-order valence-electron chi connectivity index (χ0n) is 11.6. The number of hydrogen-bond donors (Lipinski definition) is 0. The van der Waals surface area contributed by atoms with E-state index in [1.54, 1.807) is 6.92 Å². The van der Waals surface area contributed by atoms with Crippen LogP contribution in [0.15, 0.2) is 35.5 Å². The Morgan fingerprint density at radius 1 is 1.41 bits per heavy atom. The van der Waals surface area contributed by atoms with Crippen molar-refractivity contribution in [1.82, 2.24) is 0 Å². The number of hydrogen-bond acceptors (Lipinski definition) is 1. The molecule has 0 amide bonds. The van der Waals surface area contributed by atoms with Gasteiger partial charge in [0, 0.05) is 0 Å². The highest BCUT2D eigenvalue weighted by atomic mass is 16.1. The molecular formula is C16H24O. The monoisotopic (exact) mass is 232 g/mol. The molecule has 0 aromatic heterocycles. The number of carbonyl (C=O) groups is 1. The number of rotatable bonds is 5. The van der Waals surface area contributed by atoms with E-state index < -0.39 is 0 Å². The lowest BCUT2D eigenvalue weighted by Crippen LogP contribution is -2.15. The van der Waals surface area contributed by atoms with Crippen LogP contribution in [-0.4, -0.2) is 5.78 Å². The number of ketones is 1. The molecule has 0 radical (unpaired) electrons. The van der Waals surface area contributed by atoms with Crippen LogP contribution in [0.5, 0.6) is 0 Å². The summed E-state index contributed by atoms with van der Waals surface area (Å²) >= 11 is 0. The highest BCUT2D eigenvalue weighted by Crippen LogP contribution is 2.47. The predicted molar refractivity (Wildman–Crippen MR) is 73.9 cm³/mol. The molecule has 0 aliphatic heterocycles. The zero-order chi connectivity index (χ0) is 13.1. The molecule has 1 atom stereocenters. The van der Waals surface area contributed by atoms with Crippen LogP contribution in [0, 0.1) is 5.41 Å². The van der Waals surface area contributed by atoms with Gasteiger partial charge in [-0.15, -0.1) is 6.58 Å². The maximum absolute atomic E-state index is 11.7. The van der Waals surface area contributed by atoms with Crippen molar-refractivity contribution < 1.29 is 4.79 Å². The summed E-state index contributed by atoms with van der Waals surface area (Å²) in [6, 6.07) is 0. The minimum Gasteiger partial charge on any atom is -0.295 e. The third kappa shape index (κ3) is 3.18. The van der Waals surface area contributed by atoms with Gasteiger partial charge in [0.2, 0.25) is 0 Å². The fourth-order valence-electron chi connectivity index (χ4n) is 2.68. The molecule has 0 aromatic rings. The van der Waals surface area contributed by atoms with Gasteiger partial charge in [-0.25, -0.2) is 0 Å². The van der Waals surface area contributed by atoms with Crippen molar-refractivity contribution >= 4 is 5.78 Å². The smallest absolute Gasteiger partial charge is 0.155 e. The minimum absolute atomic E-state index is 0.148. The topological polar surface area (TPSA) is 17.1 Å². The van der Waals surface area contributed by atoms with Crippen molar-refractivity contribution in [2.45, 2.75) is 53.4 Å². The first-order valence-corrected chi connectivity index (χ1v) is 6.38. The Labute approximate surface area is 105 Å². The molecule has 0 N–H and O–H groups in total. The maximum Gasteiger partial charge on any atom is 0.155 e. The molecular weight excluding hydrogens is 208 g/mol. The van der Waals surface area contributed by atoms with Gasteiger partial charge in [-0.3, -0.25) is 4.79 Å². The average molecular weight is 232 g/mol. The molecule has 0 unspecified atom stereocenters. The Morgan fingerprint density at radius 3 is 2.53 bits per heavy atom. The van der Waals surface area contributed by atoms with E-state index in [0.29, 0.717) is 0 Å². The summed E-state index contributed by atoms with van der Waals surface area (Å²) in [4.78, 5) is 11.7. The summed E-state index contributed by atoms with van der Waals surface area (Å²) in [5, 5.41) is 0. The maximum atomic E-state index is 11.7. The normalized spacial score (nSPS) is 23.8. The van der Waals surface area contributed by atoms with E-state index in [4.69, 9.17) is 0 Å². The van der Waals surface area contributed by atoms with E-state index in [2.05, 4.69) is 33.4 Å². The molecule has 0 spiro atoms. The van der Waals surface area contributed by atoms with Crippen LogP contribution in [0.3, 0.4) is 0 Å². The molecule has 0 saturated heterocycles. The molecule has 94 valence electrons. The van der Waals surface area contributed by atoms with E-state index in [9.17, 15) is 4.79 Å². The lowest BCUT2D eigenvalue weighted by molar-refractivity contribution is -0.113. The number of carbonyl (C=O) groups excluding carboxylic acids is 1. The Bertz CT molecular complexity index is 380. The van der Waals surface area contributed by atoms with Gasteiger partial charge in [0.15, 0.2) is 5.78 Å². The Morgan fingerprint density at radius 2 is 2.06 bits per heavy atom. The summed E-state index contributed by atoms with van der Waals surface area (Å²) in [5.74, 6) is 0.245. The molecule has 0 heterocycles. The van der Waals surface area contributed by atoms with Crippen LogP contribution in [-0.2, 0) is 4.79 Å². The summed E-state index contributed by atoms with van der Waals surface area (Å²) in [6.07, 6.45) is 8.11. The summed E-state index contributed by atoms with van der Waals surface area (Å²) < 4.78 is 0. The van der Waals surface area contributed by atoms with Gasteiger partial charge in [-0.05, 0) is 57.4 Å². The van der Waals surface area contributed by atoms with Crippen LogP contribution in [0.4, 0.5) is 0 Å². The van der Waals surface area contributed by atoms with Crippen molar-refractivity contribution in [2.75, 3.05) is 0 Å². The van der Waals surface area contributed by atoms with Gasteiger partial charge in [-0.1, -0.05) is 30.2 Å². The first-order valence-electron chi connectivity index (χ1n) is 6.38. The SMILES string of the molecule is C=CC[C@]1(C)CCC(C(C)=O)=C1CC=C(C)C. The summed E-state index contributed by atoms with van der Waals surface area (Å²) in [6.45, 7) is 12.0. The van der Waals surface area contributed by atoms with Crippen LogP contribution < -0.4 is 0 Å². The lowest BCUT2D eigenvalue weighted by atomic mass is 9.78. The second-order valence-corrected chi connectivity index (χ2v) is 5.55. The summed E-state index contributed by atoms with van der Waals surface area (Å²) in [7, 11) is 0. The van der Waals surface area contributed by atoms with Crippen LogP contribution in [0.1, 0.15) is 53.4 Å². The van der Waals surface area contributed by atoms with Gasteiger partial charge in [0.25, 0.3) is 0 Å². The van der Waals surface area contributed by atoms with Crippen LogP contribution >= 0.6 is 0 Å². The van der Waals surface area contributed by atoms with Crippen molar-refractivity contribution in [1.29, 1.82) is 0 Å². The van der Waals surface area contributed by atoms with Crippen LogP contribution in [0.2, 0.25) is 0 Å². The Hall–Kier alpha value is -1.11. The molecule has 1 nitrogen and oxygen atoms in total. The van der Waals surface area contributed by atoms with E-state index >= 15 is 0 Å². The first kappa shape index (κ1) is 14.0. The van der Waals surface area contributed by atoms with Gasteiger partial charge in [0.1, 0.15) is 0 Å². The quantitative estimate of drug-likeness (QED) is 0.633. The zero-order valence-corrected chi connectivity index (χ0v) is 11.6. The third-order valence-electron chi connectivity index (χ3n) is 3.75. The van der Waals surface area contributed by atoms with E-state index in [1.165, 1.54) is 11.1 Å². The number of allylic oxidation sites excluding steroid dienone is 5. The molecule has 1 aliphatic carbocycles. The first-order chi connectivity index (χ1) is 7.90. The molecule has 0 aromatic carbocycles. The predicted octanol–water partition coefficient (Wildman–Crippen LogP) is 4.60. The molecule has 0 saturated carbocycles. The van der Waals surface area contributed by atoms with E-state index in [-0.39, 0.29) is 11.2 Å². The molecule has 17 heavy (non-hydrogen) atoms. The van der Waals surface area contributed by atoms with Crippen LogP contribution in [0.25, 0.3) is 0 Å². The van der Waals surface area contributed by atoms with Gasteiger partial charge >= 0.3 is 0 Å². The second-order valence-electron chi connectivity index (χ2n) is 5.55. The third-order valence-corrected chi connectivity index (χ3v) is 3.75. The van der Waals surface area contributed by atoms with E-state index in [0.717, 1.165) is 31.3 Å². The molecule has 1 aliphatic rings. The standard InChI is InChI=1S/C16H24O/c1-6-10-16(5)11-9-14(13(4)17)15(16)8-7-12(2)3/h6-7H,1,8-11H2,2-5H3/t16-/m1/s1. The van der Waals surface area contributed by atoms with Gasteiger partial charge in [-0.2, -0.15) is 0 Å². The van der Waals surface area contributed by atoms with Crippen molar-refractivity contribution in [3.63, 3.8) is 0 Å². The lowest BCUT2D eigenvalue weighted by Gasteiger charge is -2.26. The highest BCUT2D eigenvalue weighted by molar-refractivity contribution is 5.94. The van der Waals surface area contributed by atoms with Gasteiger partial charge in [0.05, 0.1) is 0 Å². The second kappa shape index (κ2) is 5.48.